The molecule has 0 unspecified atom stereocenters. The molecule has 0 aliphatic carbocycles. The van der Waals surface area contributed by atoms with E-state index in [2.05, 4.69) is 51.8 Å². The van der Waals surface area contributed by atoms with E-state index in [0.717, 1.165) is 37.6 Å². The molecule has 6 heteroatoms. The molecule has 0 bridgehead atoms. The minimum Gasteiger partial charge on any atom is -0.356 e. The molecule has 2 aromatic carbocycles. The van der Waals surface area contributed by atoms with Gasteiger partial charge >= 0.3 is 0 Å². The fraction of sp³-hybridized carbons (Fsp3) is 0.350. The van der Waals surface area contributed by atoms with Gasteiger partial charge in [0.1, 0.15) is 5.82 Å². The summed E-state index contributed by atoms with van der Waals surface area (Å²) in [4.78, 5) is 6.50. The molecule has 0 atom stereocenters. The van der Waals surface area contributed by atoms with Crippen LogP contribution >= 0.6 is 24.0 Å². The maximum absolute atomic E-state index is 13.2. The smallest absolute Gasteiger partial charge is 0.191 e. The molecule has 0 saturated heterocycles. The van der Waals surface area contributed by atoms with E-state index in [4.69, 9.17) is 0 Å². The van der Waals surface area contributed by atoms with Gasteiger partial charge in [-0.05, 0) is 43.3 Å². The minimum atomic E-state index is -0.219. The van der Waals surface area contributed by atoms with E-state index in [-0.39, 0.29) is 29.8 Å². The first-order valence-electron chi connectivity index (χ1n) is 8.59. The van der Waals surface area contributed by atoms with Crippen LogP contribution in [0.3, 0.4) is 0 Å². The van der Waals surface area contributed by atoms with E-state index >= 15 is 0 Å². The van der Waals surface area contributed by atoms with Gasteiger partial charge in [0, 0.05) is 26.7 Å². The van der Waals surface area contributed by atoms with Crippen LogP contribution in [0.15, 0.2) is 59.6 Å². The lowest BCUT2D eigenvalue weighted by Gasteiger charge is -2.17. The molecule has 0 aliphatic rings. The quantitative estimate of drug-likeness (QED) is 0.268. The number of hydrogen-bond donors (Lipinski definition) is 2. The van der Waals surface area contributed by atoms with Gasteiger partial charge in [-0.3, -0.25) is 4.99 Å². The molecule has 2 N–H and O–H groups in total. The van der Waals surface area contributed by atoms with Crippen LogP contribution in [0.1, 0.15) is 17.5 Å². The third-order valence-corrected chi connectivity index (χ3v) is 3.88. The van der Waals surface area contributed by atoms with Crippen molar-refractivity contribution >= 4 is 29.9 Å². The molecule has 0 spiro atoms. The highest BCUT2D eigenvalue weighted by Crippen LogP contribution is 2.03. The molecular weight excluding hydrogens is 442 g/mol. The number of nitrogens with one attached hydrogen (secondary N) is 2. The molecule has 0 radical (unpaired) electrons. The van der Waals surface area contributed by atoms with E-state index in [1.807, 2.05) is 12.1 Å². The third-order valence-electron chi connectivity index (χ3n) is 3.88. The normalized spacial score (nSPS) is 11.2. The Kier molecular flexibility index (Phi) is 10.9. The van der Waals surface area contributed by atoms with Crippen LogP contribution in [-0.4, -0.2) is 38.0 Å². The van der Waals surface area contributed by atoms with Crippen molar-refractivity contribution in [3.05, 3.63) is 71.5 Å². The average molecular weight is 470 g/mol. The van der Waals surface area contributed by atoms with Gasteiger partial charge in [-0.15, -0.1) is 24.0 Å². The summed E-state index contributed by atoms with van der Waals surface area (Å²) < 4.78 is 13.2. The topological polar surface area (TPSA) is 39.7 Å². The lowest BCUT2D eigenvalue weighted by molar-refractivity contribution is 0.322. The van der Waals surface area contributed by atoms with Gasteiger partial charge in [0.05, 0.1) is 0 Å². The van der Waals surface area contributed by atoms with Crippen LogP contribution in [0.4, 0.5) is 4.39 Å². The summed E-state index contributed by atoms with van der Waals surface area (Å²) >= 11 is 0. The molecule has 4 nitrogen and oxygen atoms in total. The first kappa shape index (κ1) is 22.4. The van der Waals surface area contributed by atoms with Crippen LogP contribution in [0.2, 0.25) is 0 Å². The number of nitrogens with zero attached hydrogens (tertiary/aromatic N) is 2. The van der Waals surface area contributed by atoms with Crippen LogP contribution < -0.4 is 10.6 Å². The zero-order valence-electron chi connectivity index (χ0n) is 15.4. The lowest BCUT2D eigenvalue weighted by atomic mass is 10.2. The predicted octanol–water partition coefficient (Wildman–Crippen LogP) is 3.63. The fourth-order valence-corrected chi connectivity index (χ4v) is 2.58. The Morgan fingerprint density at radius 1 is 1.04 bits per heavy atom. The SMILES string of the molecule is CN=C(NCCCN(C)Cc1ccccc1)NCc1cccc(F)c1.I. The van der Waals surface area contributed by atoms with E-state index in [1.54, 1.807) is 13.1 Å². The van der Waals surface area contributed by atoms with E-state index in [1.165, 1.54) is 17.7 Å². The highest BCUT2D eigenvalue weighted by molar-refractivity contribution is 14.0. The maximum Gasteiger partial charge on any atom is 0.191 e. The van der Waals surface area contributed by atoms with Crippen molar-refractivity contribution in [3.63, 3.8) is 0 Å². The number of rotatable bonds is 8. The van der Waals surface area contributed by atoms with Crippen molar-refractivity contribution in [1.29, 1.82) is 0 Å². The molecule has 0 saturated carbocycles. The Balaban J connectivity index is 0.00000338. The summed E-state index contributed by atoms with van der Waals surface area (Å²) in [6.07, 6.45) is 1.02. The Morgan fingerprint density at radius 2 is 1.77 bits per heavy atom. The van der Waals surface area contributed by atoms with Crippen molar-refractivity contribution in [3.8, 4) is 0 Å². The number of hydrogen-bond acceptors (Lipinski definition) is 2. The minimum absolute atomic E-state index is 0. The van der Waals surface area contributed by atoms with E-state index in [0.29, 0.717) is 6.54 Å². The Labute approximate surface area is 172 Å². The van der Waals surface area contributed by atoms with Crippen molar-refractivity contribution < 1.29 is 4.39 Å². The molecular formula is C20H28FIN4. The molecule has 0 aromatic heterocycles. The van der Waals surface area contributed by atoms with Crippen molar-refractivity contribution in [2.24, 2.45) is 4.99 Å². The molecule has 0 amide bonds. The van der Waals surface area contributed by atoms with E-state index < -0.39 is 0 Å². The largest absolute Gasteiger partial charge is 0.356 e. The molecule has 26 heavy (non-hydrogen) atoms. The highest BCUT2D eigenvalue weighted by Gasteiger charge is 2.02. The third kappa shape index (κ3) is 8.62. The second-order valence-electron chi connectivity index (χ2n) is 6.06. The molecule has 0 fully saturated rings. The molecule has 0 heterocycles. The molecule has 2 rings (SSSR count). The second kappa shape index (κ2) is 12.6. The zero-order chi connectivity index (χ0) is 17.9. The maximum atomic E-state index is 13.2. The van der Waals surface area contributed by atoms with Crippen molar-refractivity contribution in [1.82, 2.24) is 15.5 Å². The first-order valence-corrected chi connectivity index (χ1v) is 8.59. The van der Waals surface area contributed by atoms with Crippen molar-refractivity contribution in [2.75, 3.05) is 27.2 Å². The molecule has 0 aliphatic heterocycles. The van der Waals surface area contributed by atoms with Gasteiger partial charge in [-0.25, -0.2) is 4.39 Å². The van der Waals surface area contributed by atoms with Crippen LogP contribution in [0.25, 0.3) is 0 Å². The summed E-state index contributed by atoms with van der Waals surface area (Å²) in [6, 6.07) is 17.0. The van der Waals surface area contributed by atoms with Crippen molar-refractivity contribution in [2.45, 2.75) is 19.5 Å². The fourth-order valence-electron chi connectivity index (χ4n) is 2.58. The van der Waals surface area contributed by atoms with Crippen LogP contribution in [-0.2, 0) is 13.1 Å². The molecule has 2 aromatic rings. The summed E-state index contributed by atoms with van der Waals surface area (Å²) in [5.74, 6) is 0.513. The number of guanidine groups is 1. The Hall–Kier alpha value is -1.67. The number of benzene rings is 2. The monoisotopic (exact) mass is 470 g/mol. The first-order chi connectivity index (χ1) is 12.2. The van der Waals surface area contributed by atoms with Gasteiger partial charge in [0.25, 0.3) is 0 Å². The van der Waals surface area contributed by atoms with Crippen LogP contribution in [0.5, 0.6) is 0 Å². The van der Waals surface area contributed by atoms with Crippen LogP contribution in [0, 0.1) is 5.82 Å². The summed E-state index contributed by atoms with van der Waals surface area (Å²) in [5, 5.41) is 6.49. The van der Waals surface area contributed by atoms with Gasteiger partial charge in [-0.2, -0.15) is 0 Å². The van der Waals surface area contributed by atoms with E-state index in [9.17, 15) is 4.39 Å². The summed E-state index contributed by atoms with van der Waals surface area (Å²) in [6.45, 7) is 3.34. The van der Waals surface area contributed by atoms with Gasteiger partial charge in [0.2, 0.25) is 0 Å². The predicted molar refractivity (Wildman–Crippen MR) is 117 cm³/mol. The second-order valence-corrected chi connectivity index (χ2v) is 6.06. The van der Waals surface area contributed by atoms with Gasteiger partial charge in [0.15, 0.2) is 5.96 Å². The average Bonchev–Trinajstić information content (AvgIpc) is 2.62. The molecule has 142 valence electrons. The van der Waals surface area contributed by atoms with Gasteiger partial charge in [-0.1, -0.05) is 42.5 Å². The summed E-state index contributed by atoms with van der Waals surface area (Å²) in [5.41, 5.74) is 2.22. The van der Waals surface area contributed by atoms with Gasteiger partial charge < -0.3 is 15.5 Å². The number of aliphatic imine (C=N–C) groups is 1. The Morgan fingerprint density at radius 3 is 2.46 bits per heavy atom. The Bertz CT molecular complexity index is 664. The number of halogens is 2. The standard InChI is InChI=1S/C20H27FN4.HI/c1-22-20(24-15-18-10-6-11-19(21)14-18)23-12-7-13-25(2)16-17-8-4-3-5-9-17;/h3-6,8-11,14H,7,12-13,15-16H2,1-2H3,(H2,22,23,24);1H. The lowest BCUT2D eigenvalue weighted by Crippen LogP contribution is -2.38. The summed E-state index contributed by atoms with van der Waals surface area (Å²) in [7, 11) is 3.87. The zero-order valence-corrected chi connectivity index (χ0v) is 17.7. The highest BCUT2D eigenvalue weighted by atomic mass is 127.